The van der Waals surface area contributed by atoms with Gasteiger partial charge in [-0.1, -0.05) is 20.8 Å². The molecule has 2 saturated carbocycles. The Balaban J connectivity index is 1.89. The molecule has 2 aliphatic carbocycles. The molecule has 3 N–H and O–H groups in total. The van der Waals surface area contributed by atoms with Crippen molar-refractivity contribution in [2.75, 3.05) is 0 Å². The van der Waals surface area contributed by atoms with Gasteiger partial charge in [-0.25, -0.2) is 0 Å². The lowest BCUT2D eigenvalue weighted by molar-refractivity contribution is -0.129. The maximum Gasteiger partial charge on any atom is 0.223 e. The van der Waals surface area contributed by atoms with Gasteiger partial charge < -0.3 is 11.1 Å². The molecular weight excluding hydrogens is 236 g/mol. The molecule has 6 unspecified atom stereocenters. The van der Waals surface area contributed by atoms with Crippen LogP contribution in [0.4, 0.5) is 0 Å². The van der Waals surface area contributed by atoms with Gasteiger partial charge in [-0.15, -0.1) is 0 Å². The summed E-state index contributed by atoms with van der Waals surface area (Å²) in [5.74, 6) is 2.30. The molecule has 0 aromatic heterocycles. The second-order valence-corrected chi connectivity index (χ2v) is 7.17. The van der Waals surface area contributed by atoms with Crippen molar-refractivity contribution in [3.05, 3.63) is 0 Å². The third-order valence-electron chi connectivity index (χ3n) is 5.33. The van der Waals surface area contributed by atoms with Crippen molar-refractivity contribution in [2.24, 2.45) is 29.4 Å². The molecule has 0 aromatic rings. The lowest BCUT2D eigenvalue weighted by Crippen LogP contribution is -2.48. The fourth-order valence-corrected chi connectivity index (χ4v) is 3.89. The monoisotopic (exact) mass is 266 g/mol. The van der Waals surface area contributed by atoms with Crippen LogP contribution in [-0.2, 0) is 4.79 Å². The van der Waals surface area contributed by atoms with Crippen LogP contribution in [0.5, 0.6) is 0 Å². The van der Waals surface area contributed by atoms with Gasteiger partial charge in [0, 0.05) is 18.0 Å². The molecule has 2 rings (SSSR count). The fraction of sp³-hybridized carbons (Fsp3) is 0.938. The van der Waals surface area contributed by atoms with E-state index in [1.54, 1.807) is 0 Å². The van der Waals surface area contributed by atoms with Crippen molar-refractivity contribution < 1.29 is 4.79 Å². The van der Waals surface area contributed by atoms with Crippen LogP contribution in [0.15, 0.2) is 0 Å². The molecule has 0 aliphatic heterocycles. The summed E-state index contributed by atoms with van der Waals surface area (Å²) in [5, 5.41) is 3.32. The minimum absolute atomic E-state index is 0.135. The van der Waals surface area contributed by atoms with Crippen LogP contribution in [0, 0.1) is 23.7 Å². The van der Waals surface area contributed by atoms with Crippen LogP contribution < -0.4 is 11.1 Å². The highest BCUT2D eigenvalue weighted by atomic mass is 16.2. The summed E-state index contributed by atoms with van der Waals surface area (Å²) in [7, 11) is 0. The van der Waals surface area contributed by atoms with E-state index in [9.17, 15) is 4.79 Å². The smallest absolute Gasteiger partial charge is 0.223 e. The predicted octanol–water partition coefficient (Wildman–Crippen LogP) is 2.69. The van der Waals surface area contributed by atoms with Crippen molar-refractivity contribution in [1.29, 1.82) is 0 Å². The van der Waals surface area contributed by atoms with Gasteiger partial charge in [-0.05, 0) is 56.3 Å². The third-order valence-corrected chi connectivity index (χ3v) is 5.33. The van der Waals surface area contributed by atoms with Crippen LogP contribution in [0.3, 0.4) is 0 Å². The van der Waals surface area contributed by atoms with Crippen molar-refractivity contribution in [1.82, 2.24) is 5.32 Å². The molecule has 0 radical (unpaired) electrons. The fourth-order valence-electron chi connectivity index (χ4n) is 3.89. The molecule has 6 atom stereocenters. The average molecular weight is 266 g/mol. The Morgan fingerprint density at radius 2 is 1.74 bits per heavy atom. The number of amides is 1. The summed E-state index contributed by atoms with van der Waals surface area (Å²) < 4.78 is 0. The number of hydrogen-bond donors (Lipinski definition) is 2. The predicted molar refractivity (Wildman–Crippen MR) is 78.6 cm³/mol. The lowest BCUT2D eigenvalue weighted by Gasteiger charge is -2.36. The van der Waals surface area contributed by atoms with Crippen LogP contribution >= 0.6 is 0 Å². The Hall–Kier alpha value is -0.570. The number of nitrogens with one attached hydrogen (secondary N) is 1. The average Bonchev–Trinajstić information content (AvgIpc) is 2.35. The molecule has 3 nitrogen and oxygen atoms in total. The number of rotatable bonds is 2. The first-order chi connectivity index (χ1) is 8.97. The van der Waals surface area contributed by atoms with Gasteiger partial charge in [0.2, 0.25) is 5.91 Å². The Morgan fingerprint density at radius 1 is 1.00 bits per heavy atom. The number of carbonyl (C=O) groups excluding carboxylic acids is 1. The summed E-state index contributed by atoms with van der Waals surface area (Å²) in [6.07, 6.45) is 6.66. The number of hydrogen-bond acceptors (Lipinski definition) is 2. The molecular formula is C16H30N2O. The Labute approximate surface area is 117 Å². The van der Waals surface area contributed by atoms with Crippen LogP contribution in [0.25, 0.3) is 0 Å². The topological polar surface area (TPSA) is 55.1 Å². The zero-order valence-electron chi connectivity index (χ0n) is 12.7. The van der Waals surface area contributed by atoms with E-state index in [2.05, 4.69) is 26.1 Å². The standard InChI is InChI=1S/C16H30N2O/c1-10-4-7-15(12(3)8-10)18-16(19)14-9-13(17)6-5-11(14)2/h10-15H,4-9,17H2,1-3H3,(H,18,19). The zero-order chi connectivity index (χ0) is 14.0. The van der Waals surface area contributed by atoms with Crippen molar-refractivity contribution >= 4 is 5.91 Å². The quantitative estimate of drug-likeness (QED) is 0.807. The van der Waals surface area contributed by atoms with Gasteiger partial charge in [-0.2, -0.15) is 0 Å². The summed E-state index contributed by atoms with van der Waals surface area (Å²) in [5.41, 5.74) is 6.02. The molecule has 2 aliphatic rings. The molecule has 0 saturated heterocycles. The summed E-state index contributed by atoms with van der Waals surface area (Å²) in [4.78, 5) is 12.5. The number of nitrogens with two attached hydrogens (primary N) is 1. The summed E-state index contributed by atoms with van der Waals surface area (Å²) >= 11 is 0. The lowest BCUT2D eigenvalue weighted by atomic mass is 9.76. The number of carbonyl (C=O) groups is 1. The normalized spacial score (nSPS) is 43.8. The SMILES string of the molecule is CC1CCC(NC(=O)C2CC(N)CCC2C)C(C)C1. The Kier molecular flexibility index (Phi) is 4.88. The van der Waals surface area contributed by atoms with E-state index in [1.807, 2.05) is 0 Å². The first kappa shape index (κ1) is 14.8. The van der Waals surface area contributed by atoms with Gasteiger partial charge in [0.1, 0.15) is 0 Å². The van der Waals surface area contributed by atoms with Crippen LogP contribution in [0.1, 0.15) is 59.3 Å². The van der Waals surface area contributed by atoms with Gasteiger partial charge in [0.15, 0.2) is 0 Å². The van der Waals surface area contributed by atoms with Gasteiger partial charge in [0.05, 0.1) is 0 Å². The molecule has 0 spiro atoms. The molecule has 2 fully saturated rings. The largest absolute Gasteiger partial charge is 0.353 e. The third kappa shape index (κ3) is 3.71. The van der Waals surface area contributed by atoms with Crippen molar-refractivity contribution in [2.45, 2.75) is 71.4 Å². The molecule has 110 valence electrons. The second kappa shape index (κ2) is 6.25. The van der Waals surface area contributed by atoms with E-state index in [0.29, 0.717) is 17.9 Å². The van der Waals surface area contributed by atoms with E-state index in [1.165, 1.54) is 12.8 Å². The molecule has 0 aromatic carbocycles. The van der Waals surface area contributed by atoms with Gasteiger partial charge in [0.25, 0.3) is 0 Å². The molecule has 19 heavy (non-hydrogen) atoms. The minimum Gasteiger partial charge on any atom is -0.353 e. The van der Waals surface area contributed by atoms with Gasteiger partial charge >= 0.3 is 0 Å². The molecule has 0 heterocycles. The van der Waals surface area contributed by atoms with E-state index < -0.39 is 0 Å². The highest BCUT2D eigenvalue weighted by molar-refractivity contribution is 5.79. The van der Waals surface area contributed by atoms with E-state index in [0.717, 1.165) is 31.6 Å². The van der Waals surface area contributed by atoms with Crippen molar-refractivity contribution in [3.63, 3.8) is 0 Å². The van der Waals surface area contributed by atoms with E-state index >= 15 is 0 Å². The maximum atomic E-state index is 12.5. The van der Waals surface area contributed by atoms with Crippen molar-refractivity contribution in [3.8, 4) is 0 Å². The van der Waals surface area contributed by atoms with E-state index in [-0.39, 0.29) is 17.9 Å². The second-order valence-electron chi connectivity index (χ2n) is 7.17. The summed E-state index contributed by atoms with van der Waals surface area (Å²) in [6, 6.07) is 0.602. The highest BCUT2D eigenvalue weighted by Gasteiger charge is 2.34. The van der Waals surface area contributed by atoms with Crippen LogP contribution in [0.2, 0.25) is 0 Å². The highest BCUT2D eigenvalue weighted by Crippen LogP contribution is 2.32. The van der Waals surface area contributed by atoms with Gasteiger partial charge in [-0.3, -0.25) is 4.79 Å². The Morgan fingerprint density at radius 3 is 2.42 bits per heavy atom. The van der Waals surface area contributed by atoms with E-state index in [4.69, 9.17) is 5.73 Å². The summed E-state index contributed by atoms with van der Waals surface area (Å²) in [6.45, 7) is 6.79. The molecule has 3 heteroatoms. The Bertz CT molecular complexity index is 318. The van der Waals surface area contributed by atoms with Crippen LogP contribution in [-0.4, -0.2) is 18.0 Å². The molecule has 1 amide bonds. The molecule has 0 bridgehead atoms. The minimum atomic E-state index is 0.135. The maximum absolute atomic E-state index is 12.5. The zero-order valence-corrected chi connectivity index (χ0v) is 12.7. The first-order valence-corrected chi connectivity index (χ1v) is 8.03. The first-order valence-electron chi connectivity index (χ1n) is 8.03.